The van der Waals surface area contributed by atoms with Crippen molar-refractivity contribution < 1.29 is 0 Å². The van der Waals surface area contributed by atoms with Crippen LogP contribution in [0.5, 0.6) is 0 Å². The maximum atomic E-state index is 8.66. The minimum atomic E-state index is -0.589. The van der Waals surface area contributed by atoms with E-state index in [1.807, 2.05) is 7.05 Å². The molecule has 0 amide bonds. The fourth-order valence-electron chi connectivity index (χ4n) is 1.43. The van der Waals surface area contributed by atoms with Gasteiger partial charge in [-0.3, -0.25) is 0 Å². The fourth-order valence-corrected chi connectivity index (χ4v) is 1.43. The number of hydrogen-bond acceptors (Lipinski definition) is 3. The van der Waals surface area contributed by atoms with Gasteiger partial charge in [-0.2, -0.15) is 5.26 Å². The summed E-state index contributed by atoms with van der Waals surface area (Å²) >= 11 is 0. The van der Waals surface area contributed by atoms with Crippen LogP contribution in [0.15, 0.2) is 0 Å². The van der Waals surface area contributed by atoms with Gasteiger partial charge in [0.05, 0.1) is 6.07 Å². The average molecular weight is 139 g/mol. The van der Waals surface area contributed by atoms with Crippen LogP contribution in [0.4, 0.5) is 0 Å². The molecular formula is C7H13N3. The van der Waals surface area contributed by atoms with Crippen LogP contribution in [0.2, 0.25) is 0 Å². The Morgan fingerprint density at radius 3 is 2.60 bits per heavy atom. The summed E-state index contributed by atoms with van der Waals surface area (Å²) in [4.78, 5) is 2.11. The molecule has 1 heterocycles. The van der Waals surface area contributed by atoms with E-state index in [1.54, 1.807) is 0 Å². The summed E-state index contributed by atoms with van der Waals surface area (Å²) in [5, 5.41) is 8.66. The molecule has 56 valence electrons. The summed E-state index contributed by atoms with van der Waals surface area (Å²) in [6.07, 6.45) is 0.792. The molecule has 0 spiro atoms. The molecule has 0 bridgehead atoms. The van der Waals surface area contributed by atoms with Gasteiger partial charge < -0.3 is 10.6 Å². The second kappa shape index (κ2) is 2.22. The van der Waals surface area contributed by atoms with Crippen LogP contribution in [0.25, 0.3) is 0 Å². The molecular weight excluding hydrogens is 126 g/mol. The SMILES string of the molecule is CC1CC(N)(C#N)CN1C. The highest BCUT2D eigenvalue weighted by atomic mass is 15.2. The summed E-state index contributed by atoms with van der Waals surface area (Å²) in [7, 11) is 2.00. The van der Waals surface area contributed by atoms with Gasteiger partial charge in [-0.05, 0) is 20.4 Å². The van der Waals surface area contributed by atoms with Gasteiger partial charge in [0, 0.05) is 12.6 Å². The van der Waals surface area contributed by atoms with Crippen LogP contribution in [0.1, 0.15) is 13.3 Å². The quantitative estimate of drug-likeness (QED) is 0.511. The molecule has 3 nitrogen and oxygen atoms in total. The van der Waals surface area contributed by atoms with Crippen LogP contribution in [0.3, 0.4) is 0 Å². The van der Waals surface area contributed by atoms with E-state index in [1.165, 1.54) is 0 Å². The first kappa shape index (κ1) is 7.52. The lowest BCUT2D eigenvalue weighted by atomic mass is 10.0. The monoisotopic (exact) mass is 139 g/mol. The van der Waals surface area contributed by atoms with Gasteiger partial charge in [0.2, 0.25) is 0 Å². The molecule has 1 aliphatic heterocycles. The van der Waals surface area contributed by atoms with Crippen molar-refractivity contribution >= 4 is 0 Å². The van der Waals surface area contributed by atoms with E-state index in [-0.39, 0.29) is 0 Å². The van der Waals surface area contributed by atoms with Crippen LogP contribution in [-0.2, 0) is 0 Å². The number of likely N-dealkylation sites (tertiary alicyclic amines) is 1. The summed E-state index contributed by atoms with van der Waals surface area (Å²) in [5.74, 6) is 0. The molecule has 2 unspecified atom stereocenters. The van der Waals surface area contributed by atoms with E-state index in [0.717, 1.165) is 6.42 Å². The first-order valence-electron chi connectivity index (χ1n) is 3.48. The van der Waals surface area contributed by atoms with E-state index in [2.05, 4.69) is 17.9 Å². The standard InChI is InChI=1S/C7H13N3/c1-6-3-7(9,4-8)5-10(6)2/h6H,3,5,9H2,1-2H3. The summed E-state index contributed by atoms with van der Waals surface area (Å²) < 4.78 is 0. The third-order valence-electron chi connectivity index (χ3n) is 2.17. The fraction of sp³-hybridized carbons (Fsp3) is 0.857. The molecule has 2 N–H and O–H groups in total. The number of nitrogens with zero attached hydrogens (tertiary/aromatic N) is 2. The Hall–Kier alpha value is -0.590. The topological polar surface area (TPSA) is 53.1 Å². The van der Waals surface area contributed by atoms with Gasteiger partial charge in [0.1, 0.15) is 5.54 Å². The van der Waals surface area contributed by atoms with Gasteiger partial charge in [0.15, 0.2) is 0 Å². The lowest BCUT2D eigenvalue weighted by molar-refractivity contribution is 0.326. The minimum Gasteiger partial charge on any atom is -0.312 e. The van der Waals surface area contributed by atoms with E-state index in [4.69, 9.17) is 11.0 Å². The van der Waals surface area contributed by atoms with Crippen LogP contribution in [0, 0.1) is 11.3 Å². The second-order valence-corrected chi connectivity index (χ2v) is 3.24. The zero-order valence-electron chi connectivity index (χ0n) is 6.46. The molecule has 0 saturated carbocycles. The number of rotatable bonds is 0. The Labute approximate surface area is 61.4 Å². The van der Waals surface area contributed by atoms with Gasteiger partial charge in [-0.25, -0.2) is 0 Å². The number of nitrogens with two attached hydrogens (primary N) is 1. The van der Waals surface area contributed by atoms with Crippen molar-refractivity contribution in [1.29, 1.82) is 5.26 Å². The lowest BCUT2D eigenvalue weighted by Crippen LogP contribution is -2.40. The zero-order valence-corrected chi connectivity index (χ0v) is 6.46. The van der Waals surface area contributed by atoms with E-state index in [9.17, 15) is 0 Å². The Morgan fingerprint density at radius 2 is 2.40 bits per heavy atom. The van der Waals surface area contributed by atoms with Crippen molar-refractivity contribution in [2.24, 2.45) is 5.73 Å². The second-order valence-electron chi connectivity index (χ2n) is 3.24. The van der Waals surface area contributed by atoms with Crippen molar-refractivity contribution in [3.05, 3.63) is 0 Å². The van der Waals surface area contributed by atoms with Crippen LogP contribution < -0.4 is 5.73 Å². The highest BCUT2D eigenvalue weighted by Crippen LogP contribution is 2.21. The molecule has 2 atom stereocenters. The van der Waals surface area contributed by atoms with Crippen LogP contribution >= 0.6 is 0 Å². The molecule has 1 aliphatic rings. The normalized spacial score (nSPS) is 41.6. The maximum absolute atomic E-state index is 8.66. The maximum Gasteiger partial charge on any atom is 0.118 e. The first-order valence-corrected chi connectivity index (χ1v) is 3.48. The predicted octanol–water partition coefficient (Wildman–Crippen LogP) is -0.0685. The third-order valence-corrected chi connectivity index (χ3v) is 2.17. The Balaban J connectivity index is 2.66. The van der Waals surface area contributed by atoms with Crippen molar-refractivity contribution in [2.45, 2.75) is 24.9 Å². The van der Waals surface area contributed by atoms with Gasteiger partial charge in [-0.1, -0.05) is 0 Å². The molecule has 0 aliphatic carbocycles. The third kappa shape index (κ3) is 1.13. The number of hydrogen-bond donors (Lipinski definition) is 1. The Bertz CT molecular complexity index is 160. The molecule has 1 saturated heterocycles. The predicted molar refractivity (Wildman–Crippen MR) is 39.2 cm³/mol. The number of nitriles is 1. The van der Waals surface area contributed by atoms with Crippen molar-refractivity contribution in [2.75, 3.05) is 13.6 Å². The summed E-state index contributed by atoms with van der Waals surface area (Å²) in [6.45, 7) is 2.79. The Kier molecular flexibility index (Phi) is 1.67. The lowest BCUT2D eigenvalue weighted by Gasteiger charge is -2.13. The van der Waals surface area contributed by atoms with Crippen molar-refractivity contribution in [1.82, 2.24) is 4.90 Å². The molecule has 0 radical (unpaired) electrons. The van der Waals surface area contributed by atoms with E-state index in [0.29, 0.717) is 12.6 Å². The molecule has 0 aromatic rings. The van der Waals surface area contributed by atoms with Gasteiger partial charge in [0.25, 0.3) is 0 Å². The Morgan fingerprint density at radius 1 is 1.80 bits per heavy atom. The molecule has 10 heavy (non-hydrogen) atoms. The highest BCUT2D eigenvalue weighted by Gasteiger charge is 2.37. The van der Waals surface area contributed by atoms with E-state index < -0.39 is 5.54 Å². The minimum absolute atomic E-state index is 0.449. The summed E-state index contributed by atoms with van der Waals surface area (Å²) in [6, 6.07) is 2.59. The first-order chi connectivity index (χ1) is 4.57. The zero-order chi connectivity index (χ0) is 7.78. The largest absolute Gasteiger partial charge is 0.312 e. The highest BCUT2D eigenvalue weighted by molar-refractivity contribution is 5.12. The molecule has 3 heteroatoms. The van der Waals surface area contributed by atoms with Crippen molar-refractivity contribution in [3.63, 3.8) is 0 Å². The smallest absolute Gasteiger partial charge is 0.118 e. The molecule has 0 aromatic heterocycles. The van der Waals surface area contributed by atoms with Gasteiger partial charge in [-0.15, -0.1) is 0 Å². The number of likely N-dealkylation sites (N-methyl/N-ethyl adjacent to an activating group) is 1. The van der Waals surface area contributed by atoms with E-state index >= 15 is 0 Å². The molecule has 1 fully saturated rings. The average Bonchev–Trinajstić information content (AvgIpc) is 2.10. The summed E-state index contributed by atoms with van der Waals surface area (Å²) in [5.41, 5.74) is 5.15. The molecule has 0 aromatic carbocycles. The molecule has 1 rings (SSSR count). The van der Waals surface area contributed by atoms with Crippen LogP contribution in [-0.4, -0.2) is 30.1 Å². The van der Waals surface area contributed by atoms with Crippen molar-refractivity contribution in [3.8, 4) is 6.07 Å². The van der Waals surface area contributed by atoms with Gasteiger partial charge >= 0.3 is 0 Å².